The van der Waals surface area contributed by atoms with Gasteiger partial charge in [0.1, 0.15) is 5.83 Å². The quantitative estimate of drug-likeness (QED) is 0.591. The van der Waals surface area contributed by atoms with E-state index in [9.17, 15) is 8.78 Å². The van der Waals surface area contributed by atoms with Crippen LogP contribution in [0.4, 0.5) is 8.78 Å². The van der Waals surface area contributed by atoms with Crippen molar-refractivity contribution in [3.05, 3.63) is 65.5 Å². The summed E-state index contributed by atoms with van der Waals surface area (Å²) in [6, 6.07) is 15.0. The molecule has 0 heterocycles. The summed E-state index contributed by atoms with van der Waals surface area (Å²) >= 11 is 0. The molecule has 2 heteroatoms. The van der Waals surface area contributed by atoms with Crippen LogP contribution in [0.15, 0.2) is 54.4 Å². The maximum absolute atomic E-state index is 13.9. The van der Waals surface area contributed by atoms with Crippen LogP contribution in [0.5, 0.6) is 0 Å². The van der Waals surface area contributed by atoms with Gasteiger partial charge in [0.2, 0.25) is 0 Å². The molecule has 2 aromatic rings. The first-order valence-corrected chi connectivity index (χ1v) is 7.33. The smallest absolute Gasteiger partial charge is 0.161 e. The summed E-state index contributed by atoms with van der Waals surface area (Å²) in [7, 11) is 0. The maximum Gasteiger partial charge on any atom is 0.161 e. The van der Waals surface area contributed by atoms with E-state index in [1.54, 1.807) is 12.1 Å². The van der Waals surface area contributed by atoms with E-state index in [0.29, 0.717) is 12.0 Å². The molecular weight excluding hydrogens is 266 g/mol. The molecule has 2 aromatic carbocycles. The van der Waals surface area contributed by atoms with Crippen LogP contribution < -0.4 is 0 Å². The molecule has 0 nitrogen and oxygen atoms in total. The molecule has 0 unspecified atom stereocenters. The molecule has 110 valence electrons. The van der Waals surface area contributed by atoms with Crippen molar-refractivity contribution in [1.82, 2.24) is 0 Å². The van der Waals surface area contributed by atoms with E-state index < -0.39 is 11.7 Å². The molecule has 2 rings (SSSR count). The Morgan fingerprint density at radius 2 is 1.38 bits per heavy atom. The minimum Gasteiger partial charge on any atom is -0.209 e. The summed E-state index contributed by atoms with van der Waals surface area (Å²) < 4.78 is 27.6. The maximum atomic E-state index is 13.9. The van der Waals surface area contributed by atoms with E-state index in [1.165, 1.54) is 5.56 Å². The summed E-state index contributed by atoms with van der Waals surface area (Å²) in [5, 5.41) is 0. The van der Waals surface area contributed by atoms with Crippen LogP contribution in [0.3, 0.4) is 0 Å². The van der Waals surface area contributed by atoms with Gasteiger partial charge in [-0.15, -0.1) is 0 Å². The molecule has 0 atom stereocenters. The van der Waals surface area contributed by atoms with E-state index in [-0.39, 0.29) is 6.42 Å². The molecule has 0 aliphatic rings. The highest BCUT2D eigenvalue weighted by atomic mass is 19.2. The van der Waals surface area contributed by atoms with Crippen LogP contribution in [0, 0.1) is 6.92 Å². The van der Waals surface area contributed by atoms with Crippen molar-refractivity contribution >= 4 is 5.83 Å². The van der Waals surface area contributed by atoms with Gasteiger partial charge in [-0.25, -0.2) is 8.78 Å². The van der Waals surface area contributed by atoms with Gasteiger partial charge in [0.15, 0.2) is 5.83 Å². The molecule has 0 amide bonds. The highest BCUT2D eigenvalue weighted by Gasteiger charge is 2.09. The molecular formula is C19H20F2. The zero-order valence-electron chi connectivity index (χ0n) is 12.5. The normalized spacial score (nSPS) is 12.2. The SMILES string of the molecule is CCCC/C(F)=C(/F)c1ccc(-c2ccc(C)cc2)cc1. The Morgan fingerprint density at radius 3 is 1.90 bits per heavy atom. The third kappa shape index (κ3) is 4.01. The predicted octanol–water partition coefficient (Wildman–Crippen LogP) is 6.46. The molecule has 0 fully saturated rings. The number of aryl methyl sites for hydroxylation is 1. The van der Waals surface area contributed by atoms with E-state index in [4.69, 9.17) is 0 Å². The van der Waals surface area contributed by atoms with Crippen LogP contribution in [-0.4, -0.2) is 0 Å². The monoisotopic (exact) mass is 286 g/mol. The summed E-state index contributed by atoms with van der Waals surface area (Å²) in [5.41, 5.74) is 3.57. The molecule has 0 spiro atoms. The average Bonchev–Trinajstić information content (AvgIpc) is 2.53. The number of hydrogen-bond acceptors (Lipinski definition) is 0. The molecule has 0 radical (unpaired) electrons. The van der Waals surface area contributed by atoms with Crippen molar-refractivity contribution in [3.8, 4) is 11.1 Å². The molecule has 0 bridgehead atoms. The number of hydrogen-bond donors (Lipinski definition) is 0. The molecule has 0 N–H and O–H groups in total. The molecule has 0 saturated carbocycles. The van der Waals surface area contributed by atoms with Gasteiger partial charge >= 0.3 is 0 Å². The topological polar surface area (TPSA) is 0 Å². The Hall–Kier alpha value is -1.96. The summed E-state index contributed by atoms with van der Waals surface area (Å²) in [6.07, 6.45) is 1.69. The third-order valence-corrected chi connectivity index (χ3v) is 3.51. The first kappa shape index (κ1) is 15.4. The van der Waals surface area contributed by atoms with Gasteiger partial charge in [0.25, 0.3) is 0 Å². The standard InChI is InChI=1S/C19H20F2/c1-3-4-5-18(20)19(21)17-12-10-16(11-13-17)15-8-6-14(2)7-9-15/h6-13H,3-5H2,1-2H3/b19-18-. The van der Waals surface area contributed by atoms with Crippen molar-refractivity contribution in [2.24, 2.45) is 0 Å². The van der Waals surface area contributed by atoms with Crippen LogP contribution in [0.1, 0.15) is 37.3 Å². The molecule has 0 aromatic heterocycles. The molecule has 0 aliphatic heterocycles. The van der Waals surface area contributed by atoms with Gasteiger partial charge in [0, 0.05) is 12.0 Å². The largest absolute Gasteiger partial charge is 0.209 e. The Labute approximate surface area is 125 Å². The van der Waals surface area contributed by atoms with Crippen LogP contribution in [0.25, 0.3) is 17.0 Å². The van der Waals surface area contributed by atoms with Gasteiger partial charge < -0.3 is 0 Å². The summed E-state index contributed by atoms with van der Waals surface area (Å²) in [6.45, 7) is 3.99. The minimum absolute atomic E-state index is 0.169. The van der Waals surface area contributed by atoms with Gasteiger partial charge in [-0.2, -0.15) is 0 Å². The number of rotatable bonds is 5. The van der Waals surface area contributed by atoms with E-state index >= 15 is 0 Å². The molecule has 0 saturated heterocycles. The molecule has 21 heavy (non-hydrogen) atoms. The van der Waals surface area contributed by atoms with Crippen LogP contribution in [0.2, 0.25) is 0 Å². The lowest BCUT2D eigenvalue weighted by Gasteiger charge is -2.05. The van der Waals surface area contributed by atoms with E-state index in [2.05, 4.69) is 0 Å². The van der Waals surface area contributed by atoms with Gasteiger partial charge in [-0.3, -0.25) is 0 Å². The number of allylic oxidation sites excluding steroid dienone is 1. The summed E-state index contributed by atoms with van der Waals surface area (Å²) in [4.78, 5) is 0. The zero-order valence-corrected chi connectivity index (χ0v) is 12.5. The Balaban J connectivity index is 2.20. The second kappa shape index (κ2) is 7.16. The van der Waals surface area contributed by atoms with Crippen molar-refractivity contribution in [2.45, 2.75) is 33.1 Å². The highest BCUT2D eigenvalue weighted by molar-refractivity contribution is 5.68. The van der Waals surface area contributed by atoms with Crippen molar-refractivity contribution in [2.75, 3.05) is 0 Å². The first-order valence-electron chi connectivity index (χ1n) is 7.33. The highest BCUT2D eigenvalue weighted by Crippen LogP contribution is 2.27. The van der Waals surface area contributed by atoms with Crippen LogP contribution >= 0.6 is 0 Å². The van der Waals surface area contributed by atoms with Crippen molar-refractivity contribution in [3.63, 3.8) is 0 Å². The first-order chi connectivity index (χ1) is 10.1. The Morgan fingerprint density at radius 1 is 0.857 bits per heavy atom. The van der Waals surface area contributed by atoms with E-state index in [1.807, 2.05) is 50.2 Å². The van der Waals surface area contributed by atoms with Crippen molar-refractivity contribution in [1.29, 1.82) is 0 Å². The third-order valence-electron chi connectivity index (χ3n) is 3.51. The fourth-order valence-corrected chi connectivity index (χ4v) is 2.15. The lowest BCUT2D eigenvalue weighted by molar-refractivity contribution is 0.548. The lowest BCUT2D eigenvalue weighted by atomic mass is 10.0. The number of unbranched alkanes of at least 4 members (excludes halogenated alkanes) is 1. The van der Waals surface area contributed by atoms with Crippen molar-refractivity contribution < 1.29 is 8.78 Å². The minimum atomic E-state index is -0.737. The van der Waals surface area contributed by atoms with Gasteiger partial charge in [0.05, 0.1) is 0 Å². The summed E-state index contributed by atoms with van der Waals surface area (Å²) in [5.74, 6) is -1.39. The van der Waals surface area contributed by atoms with Gasteiger partial charge in [-0.1, -0.05) is 67.4 Å². The average molecular weight is 286 g/mol. The Bertz CT molecular complexity index is 607. The number of halogens is 2. The second-order valence-electron chi connectivity index (χ2n) is 5.27. The fourth-order valence-electron chi connectivity index (χ4n) is 2.15. The molecule has 0 aliphatic carbocycles. The van der Waals surface area contributed by atoms with Crippen LogP contribution in [-0.2, 0) is 0 Å². The van der Waals surface area contributed by atoms with E-state index in [0.717, 1.165) is 17.5 Å². The predicted molar refractivity (Wildman–Crippen MR) is 85.3 cm³/mol. The fraction of sp³-hybridized carbons (Fsp3) is 0.263. The number of benzene rings is 2. The zero-order chi connectivity index (χ0) is 15.2. The van der Waals surface area contributed by atoms with Gasteiger partial charge in [-0.05, 0) is 24.5 Å². The second-order valence-corrected chi connectivity index (χ2v) is 5.27. The lowest BCUT2D eigenvalue weighted by Crippen LogP contribution is -1.85. The Kier molecular flexibility index (Phi) is 5.26.